The van der Waals surface area contributed by atoms with Crippen LogP contribution in [0.1, 0.15) is 20.3 Å². The van der Waals surface area contributed by atoms with Gasteiger partial charge in [0.2, 0.25) is 5.91 Å². The Morgan fingerprint density at radius 3 is 2.70 bits per heavy atom. The van der Waals surface area contributed by atoms with E-state index in [1.165, 1.54) is 18.1 Å². The van der Waals surface area contributed by atoms with E-state index in [4.69, 9.17) is 0 Å². The van der Waals surface area contributed by atoms with Crippen LogP contribution in [-0.2, 0) is 9.59 Å². The summed E-state index contributed by atoms with van der Waals surface area (Å²) in [7, 11) is 0. The maximum absolute atomic E-state index is 12.4. The average Bonchev–Trinajstić information content (AvgIpc) is 3.28. The van der Waals surface area contributed by atoms with Gasteiger partial charge in [-0.1, -0.05) is 36.9 Å². The first-order chi connectivity index (χ1) is 14.4. The van der Waals surface area contributed by atoms with Crippen molar-refractivity contribution in [3.63, 3.8) is 0 Å². The van der Waals surface area contributed by atoms with Crippen molar-refractivity contribution in [2.24, 2.45) is 0 Å². The quantitative estimate of drug-likeness (QED) is 0.350. The molecule has 30 heavy (non-hydrogen) atoms. The van der Waals surface area contributed by atoms with Gasteiger partial charge in [0.1, 0.15) is 16.9 Å². The van der Waals surface area contributed by atoms with E-state index in [0.717, 1.165) is 10.7 Å². The number of urea groups is 1. The fraction of sp³-hybridized carbons (Fsp3) is 0.263. The Labute approximate surface area is 176 Å². The van der Waals surface area contributed by atoms with Crippen LogP contribution in [0.4, 0.5) is 4.79 Å². The number of hydrogen-bond acceptors (Lipinski definition) is 7. The van der Waals surface area contributed by atoms with Gasteiger partial charge in [0.15, 0.2) is 5.65 Å². The maximum Gasteiger partial charge on any atom is 0.344 e. The van der Waals surface area contributed by atoms with Crippen molar-refractivity contribution < 1.29 is 14.4 Å². The Balaban J connectivity index is 1.47. The molecule has 10 nitrogen and oxygen atoms in total. The number of carbonyl (C=O) groups excluding carboxylic acids is 3. The second-order valence-electron chi connectivity index (χ2n) is 6.89. The van der Waals surface area contributed by atoms with Crippen LogP contribution in [0.2, 0.25) is 0 Å². The van der Waals surface area contributed by atoms with E-state index in [1.54, 1.807) is 24.7 Å². The molecular formula is C19H19N7O3S. The molecule has 0 radical (unpaired) electrons. The third-order valence-corrected chi connectivity index (χ3v) is 5.88. The summed E-state index contributed by atoms with van der Waals surface area (Å²) < 4.78 is 1.69. The molecule has 1 aliphatic rings. The maximum atomic E-state index is 12.4. The molecule has 11 heteroatoms. The Hall–Kier alpha value is -3.47. The molecule has 154 valence electrons. The number of para-hydroxylation sites is 1. The number of hydrogen-bond donors (Lipinski definition) is 2. The summed E-state index contributed by atoms with van der Waals surface area (Å²) in [5.74, 6) is -1.02. The van der Waals surface area contributed by atoms with Crippen molar-refractivity contribution in [2.75, 3.05) is 5.75 Å². The number of benzene rings is 1. The van der Waals surface area contributed by atoms with Crippen molar-refractivity contribution in [3.05, 3.63) is 42.9 Å². The SMILES string of the molecule is CCC1(C)NC(=O)N(NC(=O)CSc2ncnc3c2cnn3-c2ccccc2)C1=O. The van der Waals surface area contributed by atoms with E-state index < -0.39 is 23.4 Å². The summed E-state index contributed by atoms with van der Waals surface area (Å²) in [5.41, 5.74) is 2.83. The van der Waals surface area contributed by atoms with Crippen molar-refractivity contribution in [3.8, 4) is 5.69 Å². The second-order valence-corrected chi connectivity index (χ2v) is 7.85. The zero-order valence-corrected chi connectivity index (χ0v) is 17.1. The molecule has 0 saturated carbocycles. The third-order valence-electron chi connectivity index (χ3n) is 4.87. The molecule has 1 fully saturated rings. The van der Waals surface area contributed by atoms with Crippen LogP contribution < -0.4 is 10.7 Å². The van der Waals surface area contributed by atoms with Gasteiger partial charge in [-0.15, -0.1) is 0 Å². The summed E-state index contributed by atoms with van der Waals surface area (Å²) >= 11 is 1.17. The highest BCUT2D eigenvalue weighted by Gasteiger charge is 2.47. The second kappa shape index (κ2) is 7.75. The molecule has 2 aromatic heterocycles. The zero-order chi connectivity index (χ0) is 21.3. The number of amides is 4. The molecule has 4 amide bonds. The van der Waals surface area contributed by atoms with Gasteiger partial charge < -0.3 is 5.32 Å². The van der Waals surface area contributed by atoms with E-state index in [0.29, 0.717) is 22.5 Å². The van der Waals surface area contributed by atoms with E-state index in [9.17, 15) is 14.4 Å². The van der Waals surface area contributed by atoms with Gasteiger partial charge in [-0.25, -0.2) is 19.4 Å². The monoisotopic (exact) mass is 425 g/mol. The molecule has 1 aromatic carbocycles. The van der Waals surface area contributed by atoms with Gasteiger partial charge in [0.05, 0.1) is 23.0 Å². The highest BCUT2D eigenvalue weighted by atomic mass is 32.2. The first-order valence-electron chi connectivity index (χ1n) is 9.26. The van der Waals surface area contributed by atoms with E-state index in [2.05, 4.69) is 25.8 Å². The number of nitrogens with zero attached hydrogens (tertiary/aromatic N) is 5. The van der Waals surface area contributed by atoms with Crippen LogP contribution in [-0.4, -0.2) is 53.9 Å². The number of aromatic nitrogens is 4. The lowest BCUT2D eigenvalue weighted by molar-refractivity contribution is -0.137. The van der Waals surface area contributed by atoms with Crippen molar-refractivity contribution in [1.29, 1.82) is 0 Å². The predicted molar refractivity (Wildman–Crippen MR) is 110 cm³/mol. The van der Waals surface area contributed by atoms with Crippen molar-refractivity contribution in [2.45, 2.75) is 30.8 Å². The van der Waals surface area contributed by atoms with Crippen LogP contribution in [0, 0.1) is 0 Å². The summed E-state index contributed by atoms with van der Waals surface area (Å²) in [6, 6.07) is 8.91. The van der Waals surface area contributed by atoms with Crippen LogP contribution in [0.25, 0.3) is 16.7 Å². The smallest absolute Gasteiger partial charge is 0.322 e. The van der Waals surface area contributed by atoms with Gasteiger partial charge >= 0.3 is 6.03 Å². The molecule has 2 N–H and O–H groups in total. The Bertz CT molecular complexity index is 1130. The van der Waals surface area contributed by atoms with Gasteiger partial charge in [0.25, 0.3) is 5.91 Å². The van der Waals surface area contributed by atoms with E-state index in [1.807, 2.05) is 30.3 Å². The van der Waals surface area contributed by atoms with Gasteiger partial charge in [-0.3, -0.25) is 15.0 Å². The normalized spacial score (nSPS) is 18.7. The molecule has 1 saturated heterocycles. The van der Waals surface area contributed by atoms with Crippen LogP contribution in [0.15, 0.2) is 47.9 Å². The highest BCUT2D eigenvalue weighted by molar-refractivity contribution is 8.00. The molecular weight excluding hydrogens is 406 g/mol. The number of rotatable bonds is 6. The molecule has 3 heterocycles. The number of fused-ring (bicyclic) bond motifs is 1. The third kappa shape index (κ3) is 3.47. The minimum atomic E-state index is -1.01. The molecule has 0 spiro atoms. The van der Waals surface area contributed by atoms with Crippen LogP contribution in [0.5, 0.6) is 0 Å². The fourth-order valence-electron chi connectivity index (χ4n) is 3.01. The number of thioether (sulfide) groups is 1. The predicted octanol–water partition coefficient (Wildman–Crippen LogP) is 1.66. The standard InChI is InChI=1S/C19H19N7O3S/c1-3-19(2)17(28)26(18(29)23-19)24-14(27)10-30-16-13-9-22-25(15(13)20-11-21-16)12-7-5-4-6-8-12/h4-9,11H,3,10H2,1-2H3,(H,23,29)(H,24,27). The lowest BCUT2D eigenvalue weighted by atomic mass is 10.00. The first-order valence-corrected chi connectivity index (χ1v) is 10.2. The molecule has 1 unspecified atom stereocenters. The van der Waals surface area contributed by atoms with Gasteiger partial charge in [-0.05, 0) is 25.5 Å². The fourth-order valence-corrected chi connectivity index (χ4v) is 3.77. The highest BCUT2D eigenvalue weighted by Crippen LogP contribution is 2.26. The Morgan fingerprint density at radius 1 is 1.23 bits per heavy atom. The average molecular weight is 425 g/mol. The number of nitrogens with one attached hydrogen (secondary N) is 2. The van der Waals surface area contributed by atoms with Crippen LogP contribution >= 0.6 is 11.8 Å². The number of carbonyl (C=O) groups is 3. The molecule has 4 rings (SSSR count). The molecule has 1 atom stereocenters. The van der Waals surface area contributed by atoms with Crippen molar-refractivity contribution >= 4 is 40.6 Å². The molecule has 0 bridgehead atoms. The van der Waals surface area contributed by atoms with Crippen molar-refractivity contribution in [1.82, 2.24) is 35.5 Å². The first kappa shape index (κ1) is 19.8. The number of imide groups is 1. The lowest BCUT2D eigenvalue weighted by Gasteiger charge is -2.19. The summed E-state index contributed by atoms with van der Waals surface area (Å²) in [6.45, 7) is 3.41. The summed E-state index contributed by atoms with van der Waals surface area (Å²) in [4.78, 5) is 45.3. The van der Waals surface area contributed by atoms with E-state index in [-0.39, 0.29) is 5.75 Å². The molecule has 1 aliphatic heterocycles. The van der Waals surface area contributed by atoms with Gasteiger partial charge in [-0.2, -0.15) is 10.1 Å². The topological polar surface area (TPSA) is 122 Å². The Morgan fingerprint density at radius 2 is 2.00 bits per heavy atom. The zero-order valence-electron chi connectivity index (χ0n) is 16.3. The van der Waals surface area contributed by atoms with Crippen LogP contribution in [0.3, 0.4) is 0 Å². The van der Waals surface area contributed by atoms with E-state index >= 15 is 0 Å². The van der Waals surface area contributed by atoms with Gasteiger partial charge in [0, 0.05) is 0 Å². The minimum absolute atomic E-state index is 0.0392. The largest absolute Gasteiger partial charge is 0.344 e. The molecule has 3 aromatic rings. The molecule has 0 aliphatic carbocycles. The lowest BCUT2D eigenvalue weighted by Crippen LogP contribution is -2.49. The summed E-state index contributed by atoms with van der Waals surface area (Å²) in [6.07, 6.45) is 3.48. The Kier molecular flexibility index (Phi) is 5.12. The minimum Gasteiger partial charge on any atom is -0.322 e. The number of hydrazine groups is 1. The summed E-state index contributed by atoms with van der Waals surface area (Å²) in [5, 5.41) is 8.97.